The third-order valence-corrected chi connectivity index (χ3v) is 5.46. The van der Waals surface area contributed by atoms with Crippen molar-refractivity contribution in [3.8, 4) is 0 Å². The van der Waals surface area contributed by atoms with Crippen LogP contribution >= 0.6 is 11.6 Å². The standard InChI is InChI=1S/C16H18ClN3O4S/c1-19(2)16(14-8-3-4-9-15(14)17)11-18-25(23,24)13-7-5-6-12(10-13)20(21)22/h3-10,16,18H,11H2,1-2H3. The summed E-state index contributed by atoms with van der Waals surface area (Å²) in [5, 5.41) is 11.4. The lowest BCUT2D eigenvalue weighted by Crippen LogP contribution is -2.34. The molecule has 2 aromatic rings. The van der Waals surface area contributed by atoms with Gasteiger partial charge in [0.25, 0.3) is 5.69 Å². The molecule has 0 fully saturated rings. The fourth-order valence-corrected chi connectivity index (χ4v) is 3.69. The van der Waals surface area contributed by atoms with E-state index >= 15 is 0 Å². The lowest BCUT2D eigenvalue weighted by molar-refractivity contribution is -0.385. The van der Waals surface area contributed by atoms with Gasteiger partial charge in [-0.2, -0.15) is 0 Å². The van der Waals surface area contributed by atoms with Gasteiger partial charge in [-0.25, -0.2) is 13.1 Å². The number of non-ortho nitro benzene ring substituents is 1. The van der Waals surface area contributed by atoms with Crippen molar-refractivity contribution in [2.75, 3.05) is 20.6 Å². The molecule has 1 unspecified atom stereocenters. The van der Waals surface area contributed by atoms with Gasteiger partial charge in [-0.05, 0) is 31.8 Å². The number of nitrogens with zero attached hydrogens (tertiary/aromatic N) is 2. The van der Waals surface area contributed by atoms with E-state index in [1.807, 2.05) is 31.1 Å². The molecule has 0 saturated carbocycles. The van der Waals surface area contributed by atoms with Crippen molar-refractivity contribution in [1.29, 1.82) is 0 Å². The second kappa shape index (κ2) is 7.92. The highest BCUT2D eigenvalue weighted by Crippen LogP contribution is 2.26. The summed E-state index contributed by atoms with van der Waals surface area (Å²) in [5.74, 6) is 0. The van der Waals surface area contributed by atoms with Gasteiger partial charge in [-0.15, -0.1) is 0 Å². The molecule has 0 radical (unpaired) electrons. The number of rotatable bonds is 7. The van der Waals surface area contributed by atoms with E-state index in [2.05, 4.69) is 4.72 Å². The molecule has 7 nitrogen and oxygen atoms in total. The van der Waals surface area contributed by atoms with Gasteiger partial charge in [-0.3, -0.25) is 10.1 Å². The molecule has 1 N–H and O–H groups in total. The maximum Gasteiger partial charge on any atom is 0.270 e. The van der Waals surface area contributed by atoms with E-state index in [-0.39, 0.29) is 23.2 Å². The summed E-state index contributed by atoms with van der Waals surface area (Å²) in [4.78, 5) is 11.9. The minimum absolute atomic E-state index is 0.0712. The highest BCUT2D eigenvalue weighted by Gasteiger charge is 2.22. The second-order valence-corrected chi connectivity index (χ2v) is 7.78. The van der Waals surface area contributed by atoms with Crippen molar-refractivity contribution < 1.29 is 13.3 Å². The molecule has 0 saturated heterocycles. The zero-order valence-electron chi connectivity index (χ0n) is 13.7. The Kier molecular flexibility index (Phi) is 6.12. The van der Waals surface area contributed by atoms with Crippen LogP contribution in [0.5, 0.6) is 0 Å². The van der Waals surface area contributed by atoms with E-state index in [9.17, 15) is 18.5 Å². The van der Waals surface area contributed by atoms with Gasteiger partial charge in [0.1, 0.15) is 0 Å². The van der Waals surface area contributed by atoms with Crippen LogP contribution in [0.2, 0.25) is 5.02 Å². The molecule has 0 amide bonds. The largest absolute Gasteiger partial charge is 0.301 e. The van der Waals surface area contributed by atoms with Crippen molar-refractivity contribution in [3.05, 3.63) is 69.2 Å². The first-order chi connectivity index (χ1) is 11.7. The van der Waals surface area contributed by atoms with Gasteiger partial charge in [0, 0.05) is 29.7 Å². The first-order valence-corrected chi connectivity index (χ1v) is 9.23. The number of sulfonamides is 1. The molecule has 0 aliphatic heterocycles. The van der Waals surface area contributed by atoms with Crippen LogP contribution in [0.15, 0.2) is 53.4 Å². The Bertz CT molecular complexity index is 871. The Morgan fingerprint density at radius 1 is 1.20 bits per heavy atom. The molecule has 2 rings (SSSR count). The number of halogens is 1. The number of benzene rings is 2. The molecule has 0 aromatic heterocycles. The summed E-state index contributed by atoms with van der Waals surface area (Å²) in [6.07, 6.45) is 0. The average Bonchev–Trinajstić information content (AvgIpc) is 2.56. The number of nitro benzene ring substituents is 1. The van der Waals surface area contributed by atoms with Crippen molar-refractivity contribution in [1.82, 2.24) is 9.62 Å². The van der Waals surface area contributed by atoms with E-state index in [0.717, 1.165) is 11.6 Å². The molecular weight excluding hydrogens is 366 g/mol. The van der Waals surface area contributed by atoms with Crippen LogP contribution < -0.4 is 4.72 Å². The fraction of sp³-hybridized carbons (Fsp3) is 0.250. The van der Waals surface area contributed by atoms with Gasteiger partial charge >= 0.3 is 0 Å². The molecular formula is C16H18ClN3O4S. The normalized spacial score (nSPS) is 13.0. The van der Waals surface area contributed by atoms with Crippen molar-refractivity contribution in [2.24, 2.45) is 0 Å². The summed E-state index contributed by atoms with van der Waals surface area (Å²) in [7, 11) is -0.260. The molecule has 9 heteroatoms. The molecule has 0 aliphatic carbocycles. The van der Waals surface area contributed by atoms with E-state index in [4.69, 9.17) is 11.6 Å². The molecule has 0 heterocycles. The second-order valence-electron chi connectivity index (χ2n) is 5.61. The monoisotopic (exact) mass is 383 g/mol. The van der Waals surface area contributed by atoms with Gasteiger partial charge in [0.05, 0.1) is 9.82 Å². The quantitative estimate of drug-likeness (QED) is 0.586. The summed E-state index contributed by atoms with van der Waals surface area (Å²) in [5.41, 5.74) is 0.508. The zero-order valence-corrected chi connectivity index (χ0v) is 15.3. The molecule has 1 atom stereocenters. The van der Waals surface area contributed by atoms with Gasteiger partial charge in [0.2, 0.25) is 10.0 Å². The van der Waals surface area contributed by atoms with E-state index < -0.39 is 14.9 Å². The fourth-order valence-electron chi connectivity index (χ4n) is 2.35. The minimum atomic E-state index is -3.89. The average molecular weight is 384 g/mol. The van der Waals surface area contributed by atoms with Crippen LogP contribution in [0, 0.1) is 10.1 Å². The van der Waals surface area contributed by atoms with Crippen molar-refractivity contribution >= 4 is 27.3 Å². The number of hydrogen-bond donors (Lipinski definition) is 1. The molecule has 0 spiro atoms. The van der Waals surface area contributed by atoms with Crippen LogP contribution in [0.25, 0.3) is 0 Å². The Labute approximate surface area is 151 Å². The summed E-state index contributed by atoms with van der Waals surface area (Å²) in [6.45, 7) is 0.0712. The van der Waals surface area contributed by atoms with Crippen molar-refractivity contribution in [3.63, 3.8) is 0 Å². The molecule has 25 heavy (non-hydrogen) atoms. The van der Waals surface area contributed by atoms with E-state index in [0.29, 0.717) is 5.02 Å². The number of nitro groups is 1. The highest BCUT2D eigenvalue weighted by atomic mass is 35.5. The smallest absolute Gasteiger partial charge is 0.270 e. The molecule has 134 valence electrons. The zero-order chi connectivity index (χ0) is 18.6. The Hall–Kier alpha value is -2.00. The van der Waals surface area contributed by atoms with Crippen LogP contribution in [0.1, 0.15) is 11.6 Å². The van der Waals surface area contributed by atoms with Crippen LogP contribution in [0.3, 0.4) is 0 Å². The number of hydrogen-bond acceptors (Lipinski definition) is 5. The Balaban J connectivity index is 2.24. The molecule has 0 aliphatic rings. The van der Waals surface area contributed by atoms with Crippen molar-refractivity contribution in [2.45, 2.75) is 10.9 Å². The van der Waals surface area contributed by atoms with Crippen LogP contribution in [-0.4, -0.2) is 38.9 Å². The summed E-state index contributed by atoms with van der Waals surface area (Å²) < 4.78 is 27.4. The third-order valence-electron chi connectivity index (χ3n) is 3.69. The summed E-state index contributed by atoms with van der Waals surface area (Å²) >= 11 is 6.21. The SMILES string of the molecule is CN(C)C(CNS(=O)(=O)c1cccc([N+](=O)[O-])c1)c1ccccc1Cl. The maximum absolute atomic E-state index is 12.5. The highest BCUT2D eigenvalue weighted by molar-refractivity contribution is 7.89. The third kappa shape index (κ3) is 4.76. The minimum Gasteiger partial charge on any atom is -0.301 e. The topological polar surface area (TPSA) is 92.6 Å². The van der Waals surface area contributed by atoms with Gasteiger partial charge < -0.3 is 4.90 Å². The Morgan fingerprint density at radius 3 is 2.48 bits per heavy atom. The molecule has 0 bridgehead atoms. The first kappa shape index (κ1) is 19.3. The van der Waals surface area contributed by atoms with Gasteiger partial charge in [-0.1, -0.05) is 35.9 Å². The maximum atomic E-state index is 12.5. The number of nitrogens with one attached hydrogen (secondary N) is 1. The lowest BCUT2D eigenvalue weighted by atomic mass is 10.1. The summed E-state index contributed by atoms with van der Waals surface area (Å²) in [6, 6.07) is 11.8. The predicted octanol–water partition coefficient (Wildman–Crippen LogP) is 2.83. The van der Waals surface area contributed by atoms with Crippen LogP contribution in [-0.2, 0) is 10.0 Å². The Morgan fingerprint density at radius 2 is 1.88 bits per heavy atom. The first-order valence-electron chi connectivity index (χ1n) is 7.37. The van der Waals surface area contributed by atoms with E-state index in [1.165, 1.54) is 18.2 Å². The predicted molar refractivity (Wildman–Crippen MR) is 96.2 cm³/mol. The van der Waals surface area contributed by atoms with Crippen LogP contribution in [0.4, 0.5) is 5.69 Å². The van der Waals surface area contributed by atoms with Gasteiger partial charge in [0.15, 0.2) is 0 Å². The molecule has 2 aromatic carbocycles. The van der Waals surface area contributed by atoms with E-state index in [1.54, 1.807) is 12.1 Å². The lowest BCUT2D eigenvalue weighted by Gasteiger charge is -2.25. The number of likely N-dealkylation sites (N-methyl/N-ethyl adjacent to an activating group) is 1.